The van der Waals surface area contributed by atoms with Gasteiger partial charge in [-0.2, -0.15) is 13.2 Å². The van der Waals surface area contributed by atoms with Crippen LogP contribution in [0.1, 0.15) is 27.0 Å². The van der Waals surface area contributed by atoms with E-state index in [1.54, 1.807) is 18.2 Å². The molecule has 0 aromatic heterocycles. The lowest BCUT2D eigenvalue weighted by Gasteiger charge is -2.07. The number of nitrogens with one attached hydrogen (secondary N) is 1. The van der Waals surface area contributed by atoms with Crippen molar-refractivity contribution in [3.05, 3.63) is 61.5 Å². The summed E-state index contributed by atoms with van der Waals surface area (Å²) < 4.78 is 39.7. The summed E-state index contributed by atoms with van der Waals surface area (Å²) >= 11 is 6.83. The molecule has 0 unspecified atom stereocenters. The molecule has 1 N–H and O–H groups in total. The molecule has 3 nitrogen and oxygen atoms in total. The highest BCUT2D eigenvalue weighted by Crippen LogP contribution is 2.36. The molecule has 26 heavy (non-hydrogen) atoms. The first kappa shape index (κ1) is 18.8. The molecule has 1 amide bonds. The number of hydrogen-bond donors (Lipinski definition) is 1. The van der Waals surface area contributed by atoms with Crippen molar-refractivity contribution in [1.82, 2.24) is 0 Å². The van der Waals surface area contributed by atoms with Gasteiger partial charge in [-0.25, -0.2) is 0 Å². The fourth-order valence-corrected chi connectivity index (χ4v) is 3.77. The summed E-state index contributed by atoms with van der Waals surface area (Å²) in [7, 11) is 0. The number of halogens is 5. The molecule has 0 radical (unpaired) electrons. The summed E-state index contributed by atoms with van der Waals surface area (Å²) in [4.78, 5) is 23.7. The van der Waals surface area contributed by atoms with Crippen LogP contribution >= 0.6 is 31.9 Å². The zero-order valence-corrected chi connectivity index (χ0v) is 16.3. The molecule has 134 valence electrons. The summed E-state index contributed by atoms with van der Waals surface area (Å²) in [5.41, 5.74) is 1.97. The molecular weight excluding hydrogens is 479 g/mol. The van der Waals surface area contributed by atoms with Crippen molar-refractivity contribution in [3.63, 3.8) is 0 Å². The standard InChI is InChI=1S/C18H10Br2F3NO2/c1-8-13(19)5-9(6-14(8)20)4-12-11-7-10(16(25)18(21,22)23)2-3-15(11)24-17(12)26/h2-7H,1H3,(H,24,26)/b12-4-. The van der Waals surface area contributed by atoms with Gasteiger partial charge in [-0.1, -0.05) is 31.9 Å². The van der Waals surface area contributed by atoms with E-state index in [2.05, 4.69) is 37.2 Å². The summed E-state index contributed by atoms with van der Waals surface area (Å²) in [6, 6.07) is 7.03. The molecule has 0 bridgehead atoms. The van der Waals surface area contributed by atoms with E-state index in [-0.39, 0.29) is 11.1 Å². The zero-order chi connectivity index (χ0) is 19.2. The molecule has 1 aliphatic heterocycles. The Morgan fingerprint density at radius 1 is 1.12 bits per heavy atom. The summed E-state index contributed by atoms with van der Waals surface area (Å²) in [6.07, 6.45) is -3.40. The minimum Gasteiger partial charge on any atom is -0.321 e. The minimum atomic E-state index is -4.97. The number of ketones is 1. The van der Waals surface area contributed by atoms with Crippen molar-refractivity contribution in [3.8, 4) is 0 Å². The van der Waals surface area contributed by atoms with Gasteiger partial charge in [0.1, 0.15) is 0 Å². The molecule has 2 aromatic carbocycles. The van der Waals surface area contributed by atoms with Gasteiger partial charge in [0, 0.05) is 31.3 Å². The third-order valence-corrected chi connectivity index (χ3v) is 5.58. The lowest BCUT2D eigenvalue weighted by Crippen LogP contribution is -2.22. The molecule has 0 saturated heterocycles. The molecule has 0 saturated carbocycles. The van der Waals surface area contributed by atoms with E-state index in [4.69, 9.17) is 0 Å². The van der Waals surface area contributed by atoms with Gasteiger partial charge in [0.25, 0.3) is 11.7 Å². The van der Waals surface area contributed by atoms with Crippen LogP contribution in [-0.2, 0) is 4.79 Å². The fraction of sp³-hybridized carbons (Fsp3) is 0.111. The molecule has 0 spiro atoms. The second kappa shape index (κ2) is 6.66. The Hall–Kier alpha value is -1.93. The third kappa shape index (κ3) is 3.48. The number of carbonyl (C=O) groups is 2. The Morgan fingerprint density at radius 2 is 1.73 bits per heavy atom. The molecular formula is C18H10Br2F3NO2. The first-order valence-corrected chi connectivity index (χ1v) is 8.91. The molecule has 0 fully saturated rings. The Morgan fingerprint density at radius 3 is 2.31 bits per heavy atom. The van der Waals surface area contributed by atoms with Crippen molar-refractivity contribution in [2.24, 2.45) is 0 Å². The van der Waals surface area contributed by atoms with E-state index in [1.807, 2.05) is 6.92 Å². The van der Waals surface area contributed by atoms with Crippen LogP contribution in [0.2, 0.25) is 0 Å². The number of hydrogen-bond acceptors (Lipinski definition) is 2. The Balaban J connectivity index is 2.10. The lowest BCUT2D eigenvalue weighted by atomic mass is 9.99. The van der Waals surface area contributed by atoms with E-state index >= 15 is 0 Å². The van der Waals surface area contributed by atoms with Gasteiger partial charge < -0.3 is 5.32 Å². The molecule has 0 aliphatic carbocycles. The van der Waals surface area contributed by atoms with Crippen molar-refractivity contribution < 1.29 is 22.8 Å². The quantitative estimate of drug-likeness (QED) is 0.431. The Labute approximate surface area is 163 Å². The second-order valence-corrected chi connectivity index (χ2v) is 7.42. The lowest BCUT2D eigenvalue weighted by molar-refractivity contribution is -0.110. The molecule has 2 aromatic rings. The van der Waals surface area contributed by atoms with Crippen LogP contribution in [0.4, 0.5) is 18.9 Å². The van der Waals surface area contributed by atoms with Crippen LogP contribution in [0.15, 0.2) is 39.3 Å². The normalized spacial score (nSPS) is 15.2. The van der Waals surface area contributed by atoms with Gasteiger partial charge in [-0.3, -0.25) is 9.59 Å². The van der Waals surface area contributed by atoms with Gasteiger partial charge in [-0.15, -0.1) is 0 Å². The SMILES string of the molecule is Cc1c(Br)cc(/C=C2\C(=O)Nc3ccc(C(=O)C(F)(F)F)cc32)cc1Br. The molecule has 0 atom stereocenters. The topological polar surface area (TPSA) is 46.2 Å². The van der Waals surface area contributed by atoms with E-state index in [0.717, 1.165) is 26.6 Å². The van der Waals surface area contributed by atoms with E-state index in [1.165, 1.54) is 6.07 Å². The molecule has 1 heterocycles. The monoisotopic (exact) mass is 487 g/mol. The first-order valence-electron chi connectivity index (χ1n) is 7.32. The average Bonchev–Trinajstić information content (AvgIpc) is 2.86. The van der Waals surface area contributed by atoms with E-state index < -0.39 is 23.4 Å². The van der Waals surface area contributed by atoms with Crippen molar-refractivity contribution >= 4 is 60.9 Å². The molecule has 8 heteroatoms. The van der Waals surface area contributed by atoms with Crippen molar-refractivity contribution in [2.75, 3.05) is 5.32 Å². The summed E-state index contributed by atoms with van der Waals surface area (Å²) in [6.45, 7) is 1.90. The zero-order valence-electron chi connectivity index (χ0n) is 13.2. The number of carbonyl (C=O) groups excluding carboxylic acids is 2. The average molecular weight is 489 g/mol. The third-order valence-electron chi connectivity index (χ3n) is 3.94. The Kier molecular flexibility index (Phi) is 4.83. The van der Waals surface area contributed by atoms with Crippen molar-refractivity contribution in [2.45, 2.75) is 13.1 Å². The number of benzene rings is 2. The van der Waals surface area contributed by atoms with Gasteiger partial charge in [-0.05, 0) is 54.5 Å². The maximum Gasteiger partial charge on any atom is 0.454 e. The van der Waals surface area contributed by atoms with Crippen molar-refractivity contribution in [1.29, 1.82) is 0 Å². The summed E-state index contributed by atoms with van der Waals surface area (Å²) in [5, 5.41) is 2.59. The molecule has 3 rings (SSSR count). The predicted octanol–water partition coefficient (Wildman–Crippen LogP) is 5.76. The number of rotatable bonds is 2. The van der Waals surface area contributed by atoms with Crippen LogP contribution in [0.3, 0.4) is 0 Å². The summed E-state index contributed by atoms with van der Waals surface area (Å²) in [5.74, 6) is -2.38. The molecule has 1 aliphatic rings. The van der Waals surface area contributed by atoms with Crippen LogP contribution in [0.5, 0.6) is 0 Å². The maximum absolute atomic E-state index is 12.7. The number of fused-ring (bicyclic) bond motifs is 1. The van der Waals surface area contributed by atoms with Crippen LogP contribution in [0.25, 0.3) is 11.6 Å². The number of amides is 1. The minimum absolute atomic E-state index is 0.194. The fourth-order valence-electron chi connectivity index (χ4n) is 2.55. The highest BCUT2D eigenvalue weighted by Gasteiger charge is 2.40. The van der Waals surface area contributed by atoms with Gasteiger partial charge in [0.2, 0.25) is 0 Å². The van der Waals surface area contributed by atoms with E-state index in [0.29, 0.717) is 11.3 Å². The maximum atomic E-state index is 12.7. The second-order valence-electron chi connectivity index (χ2n) is 5.71. The Bertz CT molecular complexity index is 958. The van der Waals surface area contributed by atoms with Crippen LogP contribution < -0.4 is 5.32 Å². The van der Waals surface area contributed by atoms with Gasteiger partial charge in [0.05, 0.1) is 0 Å². The first-order chi connectivity index (χ1) is 12.1. The van der Waals surface area contributed by atoms with Gasteiger partial charge in [0.15, 0.2) is 0 Å². The predicted molar refractivity (Wildman–Crippen MR) is 99.9 cm³/mol. The number of alkyl halides is 3. The van der Waals surface area contributed by atoms with Gasteiger partial charge >= 0.3 is 6.18 Å². The number of Topliss-reactive ketones (excluding diaryl/α,β-unsaturated/α-hetero) is 1. The van der Waals surface area contributed by atoms with E-state index in [9.17, 15) is 22.8 Å². The smallest absolute Gasteiger partial charge is 0.321 e. The highest BCUT2D eigenvalue weighted by molar-refractivity contribution is 9.11. The largest absolute Gasteiger partial charge is 0.454 e. The number of anilines is 1. The van der Waals surface area contributed by atoms with Crippen LogP contribution in [0, 0.1) is 6.92 Å². The highest BCUT2D eigenvalue weighted by atomic mass is 79.9. The van der Waals surface area contributed by atoms with Crippen LogP contribution in [-0.4, -0.2) is 17.9 Å².